The van der Waals surface area contributed by atoms with Gasteiger partial charge in [0.15, 0.2) is 0 Å². The number of anilines is 1. The number of nitrogens with zero attached hydrogens (tertiary/aromatic N) is 3. The number of likely N-dealkylation sites (N-methyl/N-ethyl adjacent to an activating group) is 1. The van der Waals surface area contributed by atoms with Crippen molar-refractivity contribution >= 4 is 5.69 Å². The molecule has 4 nitrogen and oxygen atoms in total. The molecule has 0 amide bonds. The molecule has 0 bridgehead atoms. The van der Waals surface area contributed by atoms with Gasteiger partial charge in [-0.05, 0) is 62.7 Å². The van der Waals surface area contributed by atoms with Gasteiger partial charge in [0.2, 0.25) is 0 Å². The zero-order valence-corrected chi connectivity index (χ0v) is 16.0. The highest BCUT2D eigenvalue weighted by molar-refractivity contribution is 5.63. The fourth-order valence-electron chi connectivity index (χ4n) is 4.75. The van der Waals surface area contributed by atoms with E-state index in [4.69, 9.17) is 0 Å². The number of β-amino-alcohol motifs (C(OH)–C–C–N with tert-alkyl or cyclic N) is 1. The lowest BCUT2D eigenvalue weighted by atomic mass is 9.87. The summed E-state index contributed by atoms with van der Waals surface area (Å²) >= 11 is 0. The van der Waals surface area contributed by atoms with Gasteiger partial charge in [0.05, 0.1) is 6.54 Å². The van der Waals surface area contributed by atoms with Gasteiger partial charge in [0.1, 0.15) is 5.60 Å². The van der Waals surface area contributed by atoms with Gasteiger partial charge in [-0.1, -0.05) is 24.6 Å². The first-order valence-corrected chi connectivity index (χ1v) is 9.70. The average molecular weight is 351 g/mol. The standard InChI is InChI=1S/C22H29N3O/c1-4-22(26,17-7-10-23-11-8-17)15-25-20-6-5-16(2)13-18(20)19-14-24(3)12-9-21(19)25/h5-8,10-11,13,19,21,26H,4,9,12,14-15H2,1-3H3/t19?,21?,22-/m1/s1. The Morgan fingerprint density at radius 3 is 2.73 bits per heavy atom. The largest absolute Gasteiger partial charge is 0.383 e. The fraction of sp³-hybridized carbons (Fsp3) is 0.500. The minimum Gasteiger partial charge on any atom is -0.383 e. The fourth-order valence-corrected chi connectivity index (χ4v) is 4.75. The number of pyridine rings is 1. The number of benzene rings is 1. The van der Waals surface area contributed by atoms with Gasteiger partial charge in [-0.25, -0.2) is 0 Å². The molecule has 26 heavy (non-hydrogen) atoms. The van der Waals surface area contributed by atoms with Crippen molar-refractivity contribution < 1.29 is 5.11 Å². The van der Waals surface area contributed by atoms with Crippen LogP contribution in [0.15, 0.2) is 42.7 Å². The number of aliphatic hydroxyl groups is 1. The van der Waals surface area contributed by atoms with Crippen molar-refractivity contribution in [3.8, 4) is 0 Å². The van der Waals surface area contributed by atoms with Gasteiger partial charge >= 0.3 is 0 Å². The molecule has 1 fully saturated rings. The van der Waals surface area contributed by atoms with Crippen LogP contribution in [0.5, 0.6) is 0 Å². The lowest BCUT2D eigenvalue weighted by Crippen LogP contribution is -2.49. The van der Waals surface area contributed by atoms with Gasteiger partial charge < -0.3 is 14.9 Å². The van der Waals surface area contributed by atoms with Gasteiger partial charge in [0.25, 0.3) is 0 Å². The SMILES string of the molecule is CC[C@@](O)(CN1c2ccc(C)cc2C2CN(C)CCC21)c1ccncc1. The van der Waals surface area contributed by atoms with Gasteiger partial charge in [-0.3, -0.25) is 4.98 Å². The second-order valence-electron chi connectivity index (χ2n) is 8.04. The Balaban J connectivity index is 1.71. The van der Waals surface area contributed by atoms with Crippen LogP contribution in [0.4, 0.5) is 5.69 Å². The molecule has 0 aliphatic carbocycles. The van der Waals surface area contributed by atoms with E-state index in [9.17, 15) is 5.11 Å². The van der Waals surface area contributed by atoms with Crippen LogP contribution < -0.4 is 4.90 Å². The summed E-state index contributed by atoms with van der Waals surface area (Å²) in [6.45, 7) is 7.08. The van der Waals surface area contributed by atoms with E-state index in [0.29, 0.717) is 24.9 Å². The highest BCUT2D eigenvalue weighted by atomic mass is 16.3. The number of piperidine rings is 1. The molecule has 1 aromatic carbocycles. The normalized spacial score (nSPS) is 24.8. The molecule has 2 unspecified atom stereocenters. The van der Waals surface area contributed by atoms with Crippen LogP contribution in [0.3, 0.4) is 0 Å². The van der Waals surface area contributed by atoms with Crippen molar-refractivity contribution in [1.82, 2.24) is 9.88 Å². The first-order chi connectivity index (χ1) is 12.5. The smallest absolute Gasteiger partial charge is 0.107 e. The summed E-state index contributed by atoms with van der Waals surface area (Å²) in [6, 6.07) is 11.2. The van der Waals surface area contributed by atoms with Crippen LogP contribution in [0.25, 0.3) is 0 Å². The Bertz CT molecular complexity index is 778. The Labute approximate surface area is 156 Å². The molecular formula is C22H29N3O. The van der Waals surface area contributed by atoms with E-state index in [1.807, 2.05) is 12.1 Å². The minimum absolute atomic E-state index is 0.475. The summed E-state index contributed by atoms with van der Waals surface area (Å²) in [7, 11) is 2.22. The molecule has 0 spiro atoms. The molecular weight excluding hydrogens is 322 g/mol. The van der Waals surface area contributed by atoms with E-state index in [-0.39, 0.29) is 0 Å². The molecule has 1 N–H and O–H groups in total. The van der Waals surface area contributed by atoms with Crippen LogP contribution in [0, 0.1) is 6.92 Å². The molecule has 2 aliphatic heterocycles. The maximum absolute atomic E-state index is 11.5. The topological polar surface area (TPSA) is 39.6 Å². The van der Waals surface area contributed by atoms with Crippen molar-refractivity contribution in [3.63, 3.8) is 0 Å². The summed E-state index contributed by atoms with van der Waals surface area (Å²) in [6.07, 6.45) is 5.38. The monoisotopic (exact) mass is 351 g/mol. The second kappa shape index (κ2) is 6.67. The minimum atomic E-state index is -0.858. The maximum atomic E-state index is 11.5. The molecule has 138 valence electrons. The third-order valence-electron chi connectivity index (χ3n) is 6.31. The van der Waals surface area contributed by atoms with Gasteiger partial charge in [-0.15, -0.1) is 0 Å². The van der Waals surface area contributed by atoms with Crippen LogP contribution in [0.2, 0.25) is 0 Å². The van der Waals surface area contributed by atoms with Crippen LogP contribution in [-0.4, -0.2) is 47.7 Å². The number of aromatic nitrogens is 1. The van der Waals surface area contributed by atoms with Crippen molar-refractivity contribution in [2.45, 2.75) is 44.2 Å². The summed E-state index contributed by atoms with van der Waals surface area (Å²) in [5.41, 5.74) is 4.18. The number of rotatable bonds is 4. The van der Waals surface area contributed by atoms with E-state index >= 15 is 0 Å². The van der Waals surface area contributed by atoms with Crippen molar-refractivity contribution in [1.29, 1.82) is 0 Å². The highest BCUT2D eigenvalue weighted by Crippen LogP contribution is 2.46. The predicted octanol–water partition coefficient (Wildman–Crippen LogP) is 3.30. The zero-order valence-electron chi connectivity index (χ0n) is 16.0. The molecule has 2 aromatic rings. The van der Waals surface area contributed by atoms with Crippen molar-refractivity contribution in [2.24, 2.45) is 0 Å². The molecule has 2 aliphatic rings. The van der Waals surface area contributed by atoms with E-state index in [1.54, 1.807) is 12.4 Å². The van der Waals surface area contributed by atoms with E-state index in [1.165, 1.54) is 16.8 Å². The number of hydrogen-bond donors (Lipinski definition) is 1. The van der Waals surface area contributed by atoms with Crippen LogP contribution in [0.1, 0.15) is 42.4 Å². The molecule has 1 aromatic heterocycles. The molecule has 3 heterocycles. The summed E-state index contributed by atoms with van der Waals surface area (Å²) in [4.78, 5) is 9.03. The van der Waals surface area contributed by atoms with Gasteiger partial charge in [0, 0.05) is 36.6 Å². The van der Waals surface area contributed by atoms with Crippen LogP contribution >= 0.6 is 0 Å². The molecule has 0 saturated carbocycles. The lowest BCUT2D eigenvalue weighted by Gasteiger charge is -2.41. The number of aryl methyl sites for hydroxylation is 1. The van der Waals surface area contributed by atoms with Crippen molar-refractivity contribution in [2.75, 3.05) is 31.6 Å². The Kier molecular flexibility index (Phi) is 4.49. The third-order valence-corrected chi connectivity index (χ3v) is 6.31. The van der Waals surface area contributed by atoms with E-state index in [0.717, 1.165) is 25.1 Å². The predicted molar refractivity (Wildman–Crippen MR) is 106 cm³/mol. The first-order valence-electron chi connectivity index (χ1n) is 9.70. The quantitative estimate of drug-likeness (QED) is 0.917. The van der Waals surface area contributed by atoms with E-state index in [2.05, 4.69) is 53.9 Å². The maximum Gasteiger partial charge on any atom is 0.107 e. The highest BCUT2D eigenvalue weighted by Gasteiger charge is 2.44. The molecule has 4 heteroatoms. The molecule has 3 atom stereocenters. The van der Waals surface area contributed by atoms with E-state index < -0.39 is 5.60 Å². The number of fused-ring (bicyclic) bond motifs is 3. The summed E-state index contributed by atoms with van der Waals surface area (Å²) in [5.74, 6) is 0.530. The Morgan fingerprint density at radius 2 is 2.00 bits per heavy atom. The third kappa shape index (κ3) is 2.91. The lowest BCUT2D eigenvalue weighted by molar-refractivity contribution is 0.0365. The average Bonchev–Trinajstić information content (AvgIpc) is 2.94. The van der Waals surface area contributed by atoms with Crippen LogP contribution in [-0.2, 0) is 5.60 Å². The summed E-state index contributed by atoms with van der Waals surface area (Å²) in [5, 5.41) is 11.5. The molecule has 4 rings (SSSR count). The van der Waals surface area contributed by atoms with Gasteiger partial charge in [-0.2, -0.15) is 0 Å². The Morgan fingerprint density at radius 1 is 1.23 bits per heavy atom. The number of likely N-dealkylation sites (tertiary alicyclic amines) is 1. The second-order valence-corrected chi connectivity index (χ2v) is 8.04. The zero-order chi connectivity index (χ0) is 18.3. The number of hydrogen-bond acceptors (Lipinski definition) is 4. The summed E-state index contributed by atoms with van der Waals surface area (Å²) < 4.78 is 0. The molecule has 0 radical (unpaired) electrons. The van der Waals surface area contributed by atoms with Crippen molar-refractivity contribution in [3.05, 3.63) is 59.4 Å². The molecule has 1 saturated heterocycles. The Hall–Kier alpha value is -1.91. The first kappa shape index (κ1) is 17.5.